The summed E-state index contributed by atoms with van der Waals surface area (Å²) in [6, 6.07) is 11.2. The van der Waals surface area contributed by atoms with Crippen molar-refractivity contribution in [2.75, 3.05) is 11.9 Å². The maximum Gasteiger partial charge on any atom is 0.146 e. The van der Waals surface area contributed by atoms with Crippen molar-refractivity contribution < 1.29 is 9.50 Å². The molecule has 2 aromatic carbocycles. The summed E-state index contributed by atoms with van der Waals surface area (Å²) >= 11 is 12.1. The molecule has 1 unspecified atom stereocenters. The fraction of sp³-hybridized carbons (Fsp3) is 0.200. The van der Waals surface area contributed by atoms with E-state index >= 15 is 0 Å². The number of hydrogen-bond acceptors (Lipinski definition) is 2. The van der Waals surface area contributed by atoms with Gasteiger partial charge in [-0.25, -0.2) is 4.39 Å². The molecular formula is C15H14Cl2FNO. The number of aliphatic hydroxyl groups is 1. The van der Waals surface area contributed by atoms with E-state index in [9.17, 15) is 9.50 Å². The number of para-hydroxylation sites is 1. The van der Waals surface area contributed by atoms with E-state index in [1.54, 1.807) is 43.3 Å². The highest BCUT2D eigenvalue weighted by Crippen LogP contribution is 2.33. The lowest BCUT2D eigenvalue weighted by Gasteiger charge is -2.31. The Morgan fingerprint density at radius 2 is 1.90 bits per heavy atom. The summed E-state index contributed by atoms with van der Waals surface area (Å²) in [6.07, 6.45) is 0. The van der Waals surface area contributed by atoms with Gasteiger partial charge in [-0.15, -0.1) is 0 Å². The minimum atomic E-state index is -0.940. The number of halogens is 3. The molecule has 0 saturated heterocycles. The molecule has 0 fully saturated rings. The molecule has 106 valence electrons. The zero-order chi connectivity index (χ0) is 14.8. The van der Waals surface area contributed by atoms with Crippen LogP contribution in [0.2, 0.25) is 10.0 Å². The van der Waals surface area contributed by atoms with Gasteiger partial charge in [0.25, 0.3) is 0 Å². The highest BCUT2D eigenvalue weighted by atomic mass is 35.5. The summed E-state index contributed by atoms with van der Waals surface area (Å²) in [6.45, 7) is 1.47. The molecule has 0 saturated carbocycles. The number of anilines is 1. The van der Waals surface area contributed by atoms with Crippen molar-refractivity contribution in [2.45, 2.75) is 12.5 Å². The summed E-state index contributed by atoms with van der Waals surface area (Å²) in [5.74, 6) is -0.398. The van der Waals surface area contributed by atoms with Gasteiger partial charge in [-0.3, -0.25) is 0 Å². The molecule has 0 aliphatic heterocycles. The highest BCUT2D eigenvalue weighted by molar-refractivity contribution is 6.33. The van der Waals surface area contributed by atoms with E-state index in [4.69, 9.17) is 23.2 Å². The second-order valence-corrected chi connectivity index (χ2v) is 5.56. The van der Waals surface area contributed by atoms with Crippen LogP contribution in [0.15, 0.2) is 42.5 Å². The third kappa shape index (κ3) is 3.06. The van der Waals surface area contributed by atoms with Crippen LogP contribution in [-0.4, -0.2) is 11.7 Å². The number of aliphatic hydroxyl groups excluding tert-OH is 1. The molecule has 0 heterocycles. The minimum Gasteiger partial charge on any atom is -0.394 e. The molecule has 0 aliphatic rings. The number of hydrogen-bond donors (Lipinski definition) is 2. The van der Waals surface area contributed by atoms with Crippen LogP contribution >= 0.6 is 23.2 Å². The molecule has 2 N–H and O–H groups in total. The predicted molar refractivity (Wildman–Crippen MR) is 80.9 cm³/mol. The van der Waals surface area contributed by atoms with E-state index in [1.165, 1.54) is 6.07 Å². The van der Waals surface area contributed by atoms with Gasteiger partial charge >= 0.3 is 0 Å². The zero-order valence-electron chi connectivity index (χ0n) is 10.8. The third-order valence-corrected chi connectivity index (χ3v) is 3.69. The number of rotatable bonds is 4. The van der Waals surface area contributed by atoms with Crippen LogP contribution in [0.4, 0.5) is 10.1 Å². The standard InChI is InChI=1S/C15H14Cl2FNO/c1-15(9-20,11-8-10(16)6-7-12(11)17)19-14-5-3-2-4-13(14)18/h2-8,19-20H,9H2,1H3. The molecular weight excluding hydrogens is 300 g/mol. The van der Waals surface area contributed by atoms with E-state index in [0.29, 0.717) is 21.3 Å². The normalized spacial score (nSPS) is 13.8. The SMILES string of the molecule is CC(CO)(Nc1ccccc1F)c1cc(Cl)ccc1Cl. The van der Waals surface area contributed by atoms with Crippen LogP contribution in [-0.2, 0) is 5.54 Å². The maximum absolute atomic E-state index is 13.7. The van der Waals surface area contributed by atoms with Crippen LogP contribution in [0.1, 0.15) is 12.5 Å². The summed E-state index contributed by atoms with van der Waals surface area (Å²) in [4.78, 5) is 0. The smallest absolute Gasteiger partial charge is 0.146 e. The Morgan fingerprint density at radius 3 is 2.55 bits per heavy atom. The van der Waals surface area contributed by atoms with Crippen molar-refractivity contribution in [3.05, 3.63) is 63.9 Å². The molecule has 0 radical (unpaired) electrons. The maximum atomic E-state index is 13.7. The van der Waals surface area contributed by atoms with Crippen molar-refractivity contribution in [3.63, 3.8) is 0 Å². The summed E-state index contributed by atoms with van der Waals surface area (Å²) in [5, 5.41) is 13.7. The number of nitrogens with one attached hydrogen (secondary N) is 1. The van der Waals surface area contributed by atoms with Gasteiger partial charge < -0.3 is 10.4 Å². The Labute approximate surface area is 127 Å². The van der Waals surface area contributed by atoms with E-state index in [2.05, 4.69) is 5.32 Å². The first-order valence-electron chi connectivity index (χ1n) is 6.05. The van der Waals surface area contributed by atoms with Crippen molar-refractivity contribution in [1.29, 1.82) is 0 Å². The van der Waals surface area contributed by atoms with Gasteiger partial charge in [0.2, 0.25) is 0 Å². The lowest BCUT2D eigenvalue weighted by molar-refractivity contribution is 0.223. The minimum absolute atomic E-state index is 0.263. The molecule has 20 heavy (non-hydrogen) atoms. The van der Waals surface area contributed by atoms with E-state index in [1.807, 2.05) is 0 Å². The lowest BCUT2D eigenvalue weighted by Crippen LogP contribution is -2.36. The molecule has 0 aromatic heterocycles. The average Bonchev–Trinajstić information content (AvgIpc) is 2.44. The molecule has 1 atom stereocenters. The first-order valence-corrected chi connectivity index (χ1v) is 6.81. The van der Waals surface area contributed by atoms with E-state index < -0.39 is 11.4 Å². The lowest BCUT2D eigenvalue weighted by atomic mass is 9.92. The Morgan fingerprint density at radius 1 is 1.20 bits per heavy atom. The van der Waals surface area contributed by atoms with Crippen LogP contribution in [0, 0.1) is 5.82 Å². The van der Waals surface area contributed by atoms with Gasteiger partial charge in [0.05, 0.1) is 17.8 Å². The van der Waals surface area contributed by atoms with Crippen LogP contribution < -0.4 is 5.32 Å². The van der Waals surface area contributed by atoms with Gasteiger partial charge in [-0.2, -0.15) is 0 Å². The molecule has 0 spiro atoms. The van der Waals surface area contributed by atoms with Crippen molar-refractivity contribution >= 4 is 28.9 Å². The highest BCUT2D eigenvalue weighted by Gasteiger charge is 2.29. The Balaban J connectivity index is 2.43. The van der Waals surface area contributed by atoms with Gasteiger partial charge in [0, 0.05) is 10.0 Å². The summed E-state index contributed by atoms with van der Waals surface area (Å²) < 4.78 is 13.7. The fourth-order valence-electron chi connectivity index (χ4n) is 1.97. The summed E-state index contributed by atoms with van der Waals surface area (Å²) in [5.41, 5.74) is -0.0398. The molecule has 0 amide bonds. The van der Waals surface area contributed by atoms with Gasteiger partial charge in [-0.1, -0.05) is 35.3 Å². The third-order valence-electron chi connectivity index (χ3n) is 3.12. The van der Waals surface area contributed by atoms with Crippen molar-refractivity contribution in [3.8, 4) is 0 Å². The second kappa shape index (κ2) is 6.00. The average molecular weight is 314 g/mol. The van der Waals surface area contributed by atoms with Gasteiger partial charge in [-0.05, 0) is 42.8 Å². The van der Waals surface area contributed by atoms with Gasteiger partial charge in [0.15, 0.2) is 0 Å². The molecule has 0 aliphatic carbocycles. The van der Waals surface area contributed by atoms with E-state index in [-0.39, 0.29) is 6.61 Å². The molecule has 5 heteroatoms. The van der Waals surface area contributed by atoms with Crippen LogP contribution in [0.25, 0.3) is 0 Å². The summed E-state index contributed by atoms with van der Waals surface area (Å²) in [7, 11) is 0. The monoisotopic (exact) mass is 313 g/mol. The second-order valence-electron chi connectivity index (χ2n) is 4.72. The Hall–Kier alpha value is -1.29. The predicted octanol–water partition coefficient (Wildman–Crippen LogP) is 4.45. The molecule has 2 rings (SSSR count). The zero-order valence-corrected chi connectivity index (χ0v) is 12.3. The van der Waals surface area contributed by atoms with Gasteiger partial charge in [0.1, 0.15) is 5.82 Å². The first kappa shape index (κ1) is 15.1. The topological polar surface area (TPSA) is 32.3 Å². The van der Waals surface area contributed by atoms with Crippen LogP contribution in [0.5, 0.6) is 0 Å². The largest absolute Gasteiger partial charge is 0.394 e. The number of benzene rings is 2. The Kier molecular flexibility index (Phi) is 4.53. The first-order chi connectivity index (χ1) is 9.46. The quantitative estimate of drug-likeness (QED) is 0.874. The van der Waals surface area contributed by atoms with Crippen molar-refractivity contribution in [1.82, 2.24) is 0 Å². The molecule has 2 aromatic rings. The molecule has 2 nitrogen and oxygen atoms in total. The van der Waals surface area contributed by atoms with Crippen LogP contribution in [0.3, 0.4) is 0 Å². The van der Waals surface area contributed by atoms with Crippen molar-refractivity contribution in [2.24, 2.45) is 0 Å². The fourth-order valence-corrected chi connectivity index (χ4v) is 2.47. The molecule has 0 bridgehead atoms. The Bertz CT molecular complexity index is 621. The van der Waals surface area contributed by atoms with E-state index in [0.717, 1.165) is 0 Å².